The molecule has 3 heterocycles. The Labute approximate surface area is 186 Å². The first kappa shape index (κ1) is 22.1. The van der Waals surface area contributed by atoms with Crippen molar-refractivity contribution in [1.82, 2.24) is 24.1 Å². The lowest BCUT2D eigenvalue weighted by molar-refractivity contribution is -0.140. The van der Waals surface area contributed by atoms with Gasteiger partial charge in [-0.15, -0.1) is 0 Å². The lowest BCUT2D eigenvalue weighted by Crippen LogP contribution is -2.21. The molecule has 0 atom stereocenters. The van der Waals surface area contributed by atoms with E-state index in [1.807, 2.05) is 6.26 Å². The molecule has 0 aliphatic carbocycles. The molecule has 0 saturated carbocycles. The van der Waals surface area contributed by atoms with Gasteiger partial charge in [0.05, 0.1) is 6.54 Å². The number of fused-ring (bicyclic) bond motifs is 1. The van der Waals surface area contributed by atoms with E-state index < -0.39 is 11.9 Å². The first-order valence-electron chi connectivity index (χ1n) is 9.83. The van der Waals surface area contributed by atoms with Crippen LogP contribution in [0.2, 0.25) is 0 Å². The second-order valence-electron chi connectivity index (χ2n) is 7.54. The molecule has 0 spiro atoms. The van der Waals surface area contributed by atoms with Gasteiger partial charge in [0.15, 0.2) is 10.9 Å². The highest BCUT2D eigenvalue weighted by atomic mass is 32.2. The van der Waals surface area contributed by atoms with E-state index in [4.69, 9.17) is 0 Å². The summed E-state index contributed by atoms with van der Waals surface area (Å²) in [5, 5.41) is 1.31. The molecule has 6 nitrogen and oxygen atoms in total. The highest BCUT2D eigenvalue weighted by Gasteiger charge is 2.35. The maximum atomic E-state index is 13.2. The molecule has 0 unspecified atom stereocenters. The van der Waals surface area contributed by atoms with E-state index in [-0.39, 0.29) is 24.0 Å². The third-order valence-corrected chi connectivity index (χ3v) is 5.58. The van der Waals surface area contributed by atoms with Crippen molar-refractivity contribution in [3.8, 4) is 11.4 Å². The van der Waals surface area contributed by atoms with Gasteiger partial charge in [0.1, 0.15) is 11.5 Å². The number of alkyl halides is 3. The first-order chi connectivity index (χ1) is 15.2. The van der Waals surface area contributed by atoms with E-state index >= 15 is 0 Å². The molecule has 4 aromatic rings. The quantitative estimate of drug-likeness (QED) is 0.310. The Bertz CT molecular complexity index is 1330. The summed E-state index contributed by atoms with van der Waals surface area (Å²) in [6.07, 6.45) is 0.0577. The fraction of sp³-hybridized carbons (Fsp3) is 0.273. The normalized spacial score (nSPS) is 12.1. The standard InChI is InChI=1S/C22H20F3N5OS/c1-13(2)29-12-17(22(23,24)25)27-19(29)15-6-4-14(5-7-15)11-30-18(31)9-8-16-10-26-21(32-3)28-20(16)30/h4-10,12-13H,11H2,1-3H3. The lowest BCUT2D eigenvalue weighted by atomic mass is 10.1. The molecule has 166 valence electrons. The van der Waals surface area contributed by atoms with Crippen LogP contribution in [-0.2, 0) is 12.7 Å². The number of aromatic nitrogens is 5. The van der Waals surface area contributed by atoms with Gasteiger partial charge < -0.3 is 4.57 Å². The Morgan fingerprint density at radius 1 is 1.06 bits per heavy atom. The first-order valence-corrected chi connectivity index (χ1v) is 11.1. The van der Waals surface area contributed by atoms with Crippen molar-refractivity contribution in [2.75, 3.05) is 6.26 Å². The molecule has 0 aliphatic heterocycles. The molecule has 0 aliphatic rings. The minimum Gasteiger partial charge on any atom is -0.328 e. The van der Waals surface area contributed by atoms with Gasteiger partial charge in [0, 0.05) is 35.5 Å². The molecule has 32 heavy (non-hydrogen) atoms. The lowest BCUT2D eigenvalue weighted by Gasteiger charge is -2.12. The van der Waals surface area contributed by atoms with E-state index in [1.165, 1.54) is 22.4 Å². The van der Waals surface area contributed by atoms with Crippen molar-refractivity contribution in [3.63, 3.8) is 0 Å². The second-order valence-corrected chi connectivity index (χ2v) is 8.31. The second kappa shape index (κ2) is 8.42. The van der Waals surface area contributed by atoms with Crippen LogP contribution in [0.15, 0.2) is 58.7 Å². The number of thioether (sulfide) groups is 1. The summed E-state index contributed by atoms with van der Waals surface area (Å²) in [6.45, 7) is 3.88. The maximum Gasteiger partial charge on any atom is 0.434 e. The van der Waals surface area contributed by atoms with Crippen LogP contribution < -0.4 is 5.56 Å². The van der Waals surface area contributed by atoms with Crippen molar-refractivity contribution < 1.29 is 13.2 Å². The van der Waals surface area contributed by atoms with Crippen LogP contribution in [0.25, 0.3) is 22.4 Å². The molecule has 0 amide bonds. The monoisotopic (exact) mass is 459 g/mol. The average molecular weight is 459 g/mol. The average Bonchev–Trinajstić information content (AvgIpc) is 3.22. The van der Waals surface area contributed by atoms with Crippen LogP contribution in [0, 0.1) is 0 Å². The highest BCUT2D eigenvalue weighted by molar-refractivity contribution is 7.98. The summed E-state index contributed by atoms with van der Waals surface area (Å²) in [5.41, 5.74) is 0.794. The zero-order valence-corrected chi connectivity index (χ0v) is 18.4. The SMILES string of the molecule is CSc1ncc2ccc(=O)n(Cc3ccc(-c4nc(C(F)(F)F)cn4C(C)C)cc3)c2n1. The Kier molecular flexibility index (Phi) is 5.81. The van der Waals surface area contributed by atoms with Gasteiger partial charge in [-0.25, -0.2) is 15.0 Å². The largest absolute Gasteiger partial charge is 0.434 e. The molecular weight excluding hydrogens is 439 g/mol. The van der Waals surface area contributed by atoms with Gasteiger partial charge in [0.2, 0.25) is 0 Å². The zero-order chi connectivity index (χ0) is 23.0. The van der Waals surface area contributed by atoms with E-state index in [0.717, 1.165) is 17.1 Å². The zero-order valence-electron chi connectivity index (χ0n) is 17.6. The van der Waals surface area contributed by atoms with Gasteiger partial charge in [0.25, 0.3) is 5.56 Å². The molecule has 0 saturated heterocycles. The third-order valence-electron chi connectivity index (χ3n) is 5.02. The van der Waals surface area contributed by atoms with Crippen LogP contribution in [0.4, 0.5) is 13.2 Å². The molecule has 1 aromatic carbocycles. The fourth-order valence-electron chi connectivity index (χ4n) is 3.39. The van der Waals surface area contributed by atoms with Crippen molar-refractivity contribution in [3.05, 3.63) is 70.4 Å². The van der Waals surface area contributed by atoms with E-state index in [0.29, 0.717) is 16.4 Å². The topological polar surface area (TPSA) is 65.6 Å². The van der Waals surface area contributed by atoms with E-state index in [2.05, 4.69) is 15.0 Å². The van der Waals surface area contributed by atoms with Crippen LogP contribution in [0.3, 0.4) is 0 Å². The Balaban J connectivity index is 1.70. The van der Waals surface area contributed by atoms with Gasteiger partial charge >= 0.3 is 6.18 Å². The number of hydrogen-bond donors (Lipinski definition) is 0. The number of imidazole rings is 1. The fourth-order valence-corrected chi connectivity index (χ4v) is 3.72. The number of rotatable bonds is 5. The summed E-state index contributed by atoms with van der Waals surface area (Å²) >= 11 is 1.38. The Hall–Kier alpha value is -3.14. The Morgan fingerprint density at radius 2 is 1.78 bits per heavy atom. The van der Waals surface area contributed by atoms with Crippen LogP contribution >= 0.6 is 11.8 Å². The van der Waals surface area contributed by atoms with Crippen molar-refractivity contribution in [2.24, 2.45) is 0 Å². The Morgan fingerprint density at radius 3 is 2.41 bits per heavy atom. The summed E-state index contributed by atoms with van der Waals surface area (Å²) in [4.78, 5) is 25.0. The number of pyridine rings is 1. The number of halogens is 3. The third kappa shape index (κ3) is 4.27. The van der Waals surface area contributed by atoms with Crippen LogP contribution in [-0.4, -0.2) is 30.3 Å². The molecule has 3 aromatic heterocycles. The molecule has 4 rings (SSSR count). The molecule has 0 bridgehead atoms. The van der Waals surface area contributed by atoms with Crippen molar-refractivity contribution >= 4 is 22.8 Å². The molecule has 0 fully saturated rings. The summed E-state index contributed by atoms with van der Waals surface area (Å²) < 4.78 is 42.6. The van der Waals surface area contributed by atoms with Crippen LogP contribution in [0.1, 0.15) is 31.1 Å². The number of benzene rings is 1. The predicted octanol–water partition coefficient (Wildman–Crippen LogP) is 5.02. The number of nitrogens with zero attached hydrogens (tertiary/aromatic N) is 5. The van der Waals surface area contributed by atoms with Crippen molar-refractivity contribution in [2.45, 2.75) is 37.8 Å². The molecular formula is C22H20F3N5OS. The predicted molar refractivity (Wildman–Crippen MR) is 118 cm³/mol. The summed E-state index contributed by atoms with van der Waals surface area (Å²) in [5.74, 6) is 0.249. The molecule has 0 radical (unpaired) electrons. The van der Waals surface area contributed by atoms with E-state index in [1.54, 1.807) is 54.9 Å². The van der Waals surface area contributed by atoms with E-state index in [9.17, 15) is 18.0 Å². The molecule has 10 heteroatoms. The van der Waals surface area contributed by atoms with Crippen molar-refractivity contribution in [1.29, 1.82) is 0 Å². The summed E-state index contributed by atoms with van der Waals surface area (Å²) in [7, 11) is 0. The smallest absolute Gasteiger partial charge is 0.328 e. The van der Waals surface area contributed by atoms with Gasteiger partial charge in [-0.05, 0) is 31.7 Å². The van der Waals surface area contributed by atoms with Crippen LogP contribution in [0.5, 0.6) is 0 Å². The van der Waals surface area contributed by atoms with Gasteiger partial charge in [-0.2, -0.15) is 13.2 Å². The number of hydrogen-bond acceptors (Lipinski definition) is 5. The highest BCUT2D eigenvalue weighted by Crippen LogP contribution is 2.32. The molecule has 0 N–H and O–H groups in total. The minimum atomic E-state index is -4.51. The summed E-state index contributed by atoms with van der Waals surface area (Å²) in [6, 6.07) is 9.97. The van der Waals surface area contributed by atoms with Gasteiger partial charge in [-0.1, -0.05) is 36.0 Å². The minimum absolute atomic E-state index is 0.187. The van der Waals surface area contributed by atoms with Gasteiger partial charge in [-0.3, -0.25) is 9.36 Å². The maximum absolute atomic E-state index is 13.2.